The van der Waals surface area contributed by atoms with E-state index in [9.17, 15) is 34.2 Å². The summed E-state index contributed by atoms with van der Waals surface area (Å²) in [5, 5.41) is 19.9. The van der Waals surface area contributed by atoms with E-state index in [1.54, 1.807) is 13.8 Å². The molecule has 0 heterocycles. The van der Waals surface area contributed by atoms with Crippen molar-refractivity contribution >= 4 is 29.8 Å². The molecule has 3 atom stereocenters. The van der Waals surface area contributed by atoms with Crippen LogP contribution in [0.4, 0.5) is 0 Å². The Labute approximate surface area is 226 Å². The average molecular weight is 551 g/mol. The van der Waals surface area contributed by atoms with Crippen molar-refractivity contribution < 1.29 is 57.9 Å². The molecule has 214 valence electrons. The van der Waals surface area contributed by atoms with Crippen molar-refractivity contribution in [3.05, 3.63) is 59.2 Å². The number of hydrogen-bond acceptors (Lipinski definition) is 12. The van der Waals surface area contributed by atoms with Gasteiger partial charge in [-0.25, -0.2) is 24.0 Å². The zero-order valence-corrected chi connectivity index (χ0v) is 22.4. The number of aliphatic hydroxyl groups excluding tert-OH is 2. The Morgan fingerprint density at radius 3 is 1.67 bits per heavy atom. The van der Waals surface area contributed by atoms with E-state index in [2.05, 4.69) is 13.2 Å². The normalized spacial score (nSPS) is 12.8. The summed E-state index contributed by atoms with van der Waals surface area (Å²) in [6.07, 6.45) is -2.65. The van der Waals surface area contributed by atoms with Crippen LogP contribution in [0.25, 0.3) is 0 Å². The van der Waals surface area contributed by atoms with Crippen molar-refractivity contribution in [1.82, 2.24) is 0 Å². The molecule has 3 unspecified atom stereocenters. The van der Waals surface area contributed by atoms with Gasteiger partial charge in [0.15, 0.2) is 0 Å². The van der Waals surface area contributed by atoms with Gasteiger partial charge in [-0.05, 0) is 45.4 Å². The number of carbonyl (C=O) groups excluding carboxylic acids is 5. The summed E-state index contributed by atoms with van der Waals surface area (Å²) < 4.78 is 24.9. The summed E-state index contributed by atoms with van der Waals surface area (Å²) in [6.45, 7) is 11.1. The molecule has 39 heavy (non-hydrogen) atoms. The van der Waals surface area contributed by atoms with Gasteiger partial charge in [-0.2, -0.15) is 0 Å². The fourth-order valence-corrected chi connectivity index (χ4v) is 2.54. The fraction of sp³-hybridized carbons (Fsp3) is 0.444. The van der Waals surface area contributed by atoms with E-state index in [-0.39, 0.29) is 27.8 Å². The van der Waals surface area contributed by atoms with Crippen LogP contribution < -0.4 is 0 Å². The number of carbonyl (C=O) groups is 5. The van der Waals surface area contributed by atoms with Crippen molar-refractivity contribution in [2.75, 3.05) is 26.4 Å². The van der Waals surface area contributed by atoms with E-state index in [4.69, 9.17) is 23.7 Å². The first-order valence-electron chi connectivity index (χ1n) is 12.0. The molecule has 12 nitrogen and oxygen atoms in total. The molecule has 0 saturated carbocycles. The molecule has 1 aromatic rings. The highest BCUT2D eigenvalue weighted by atomic mass is 16.6. The molecule has 0 saturated heterocycles. The first-order valence-corrected chi connectivity index (χ1v) is 12.0. The maximum absolute atomic E-state index is 12.8. The number of ether oxygens (including phenoxy) is 5. The van der Waals surface area contributed by atoms with Gasteiger partial charge in [0.1, 0.15) is 38.6 Å². The van der Waals surface area contributed by atoms with E-state index in [1.165, 1.54) is 26.0 Å². The summed E-state index contributed by atoms with van der Waals surface area (Å²) in [6, 6.07) is 3.43. The molecule has 0 aliphatic rings. The maximum Gasteiger partial charge on any atom is 0.339 e. The van der Waals surface area contributed by atoms with Crippen LogP contribution >= 0.6 is 0 Å². The number of benzene rings is 1. The second-order valence-corrected chi connectivity index (χ2v) is 8.65. The quantitative estimate of drug-likeness (QED) is 0.185. The van der Waals surface area contributed by atoms with Crippen molar-refractivity contribution in [3.63, 3.8) is 0 Å². The molecular weight excluding hydrogens is 516 g/mol. The highest BCUT2D eigenvalue weighted by Gasteiger charge is 2.24. The predicted molar refractivity (Wildman–Crippen MR) is 136 cm³/mol. The van der Waals surface area contributed by atoms with E-state index in [0.29, 0.717) is 6.42 Å². The Kier molecular flexibility index (Phi) is 13.6. The zero-order chi connectivity index (χ0) is 29.7. The molecule has 0 radical (unpaired) electrons. The van der Waals surface area contributed by atoms with Crippen molar-refractivity contribution in [2.45, 2.75) is 52.4 Å². The summed E-state index contributed by atoms with van der Waals surface area (Å²) in [5.41, 5.74) is -0.463. The molecule has 0 aliphatic carbocycles. The molecule has 0 bridgehead atoms. The van der Waals surface area contributed by atoms with Gasteiger partial charge < -0.3 is 33.9 Å². The molecular formula is C27H34O12. The molecule has 0 aliphatic heterocycles. The van der Waals surface area contributed by atoms with Crippen LogP contribution in [-0.2, 0) is 33.3 Å². The van der Waals surface area contributed by atoms with Gasteiger partial charge in [-0.3, -0.25) is 0 Å². The van der Waals surface area contributed by atoms with Gasteiger partial charge in [-0.15, -0.1) is 0 Å². The molecule has 1 aromatic carbocycles. The van der Waals surface area contributed by atoms with Gasteiger partial charge in [0.2, 0.25) is 0 Å². The summed E-state index contributed by atoms with van der Waals surface area (Å²) >= 11 is 0. The van der Waals surface area contributed by atoms with Crippen molar-refractivity contribution in [1.29, 1.82) is 0 Å². The smallest absolute Gasteiger partial charge is 0.339 e. The van der Waals surface area contributed by atoms with E-state index >= 15 is 0 Å². The standard InChI is InChI=1S/C27H34O12/c1-7-17(6)39-27(34)21-9-8-18(25(32)37-13-19(28)11-35-23(30)15(2)3)10-22(21)26(33)38-14-20(29)12-36-24(31)16(4)5/h8-10,17,19-20,28-29H,2,4,7,11-14H2,1,3,5-6H3. The van der Waals surface area contributed by atoms with Crippen LogP contribution in [0.15, 0.2) is 42.5 Å². The topological polar surface area (TPSA) is 172 Å². The lowest BCUT2D eigenvalue weighted by Gasteiger charge is -2.16. The first-order chi connectivity index (χ1) is 18.3. The van der Waals surface area contributed by atoms with Crippen LogP contribution in [0.3, 0.4) is 0 Å². The van der Waals surface area contributed by atoms with E-state index in [0.717, 1.165) is 6.07 Å². The molecule has 0 fully saturated rings. The number of rotatable bonds is 15. The summed E-state index contributed by atoms with van der Waals surface area (Å²) in [5.74, 6) is -4.33. The molecule has 2 N–H and O–H groups in total. The second-order valence-electron chi connectivity index (χ2n) is 8.65. The average Bonchev–Trinajstić information content (AvgIpc) is 2.90. The summed E-state index contributed by atoms with van der Waals surface area (Å²) in [7, 11) is 0. The van der Waals surface area contributed by atoms with Crippen molar-refractivity contribution in [2.24, 2.45) is 0 Å². The third-order valence-corrected chi connectivity index (χ3v) is 4.90. The maximum atomic E-state index is 12.8. The lowest BCUT2D eigenvalue weighted by atomic mass is 10.0. The van der Waals surface area contributed by atoms with Crippen LogP contribution in [0, 0.1) is 0 Å². The Hall–Kier alpha value is -4.03. The molecule has 0 amide bonds. The largest absolute Gasteiger partial charge is 0.459 e. The summed E-state index contributed by atoms with van der Waals surface area (Å²) in [4.78, 5) is 60.8. The second kappa shape index (κ2) is 16.0. The Morgan fingerprint density at radius 2 is 1.21 bits per heavy atom. The number of hydrogen-bond donors (Lipinski definition) is 2. The van der Waals surface area contributed by atoms with Crippen LogP contribution in [-0.4, -0.2) is 84.8 Å². The Balaban J connectivity index is 2.99. The lowest BCUT2D eigenvalue weighted by molar-refractivity contribution is -0.143. The fourth-order valence-electron chi connectivity index (χ4n) is 2.54. The minimum Gasteiger partial charge on any atom is -0.459 e. The highest BCUT2D eigenvalue weighted by molar-refractivity contribution is 6.05. The lowest BCUT2D eigenvalue weighted by Crippen LogP contribution is -2.27. The van der Waals surface area contributed by atoms with Gasteiger partial charge in [0.25, 0.3) is 0 Å². The first kappa shape index (κ1) is 33.0. The van der Waals surface area contributed by atoms with Crippen LogP contribution in [0.5, 0.6) is 0 Å². The zero-order valence-electron chi connectivity index (χ0n) is 22.4. The molecule has 0 spiro atoms. The number of aliphatic hydroxyl groups is 2. The minimum absolute atomic E-state index is 0.118. The van der Waals surface area contributed by atoms with Crippen LogP contribution in [0.1, 0.15) is 65.2 Å². The highest BCUT2D eigenvalue weighted by Crippen LogP contribution is 2.18. The van der Waals surface area contributed by atoms with Gasteiger partial charge in [0.05, 0.1) is 22.8 Å². The Morgan fingerprint density at radius 1 is 0.744 bits per heavy atom. The molecule has 1 rings (SSSR count). The van der Waals surface area contributed by atoms with Gasteiger partial charge in [-0.1, -0.05) is 20.1 Å². The van der Waals surface area contributed by atoms with E-state index < -0.39 is 74.6 Å². The SMILES string of the molecule is C=C(C)C(=O)OCC(O)COC(=O)c1ccc(C(=O)OC(C)CC)c(C(=O)OCC(O)COC(=O)C(=C)C)c1. The predicted octanol–water partition coefficient (Wildman–Crippen LogP) is 1.92. The molecule has 12 heteroatoms. The van der Waals surface area contributed by atoms with E-state index in [1.807, 2.05) is 0 Å². The van der Waals surface area contributed by atoms with Crippen LogP contribution in [0.2, 0.25) is 0 Å². The monoisotopic (exact) mass is 550 g/mol. The van der Waals surface area contributed by atoms with Gasteiger partial charge in [0, 0.05) is 11.1 Å². The van der Waals surface area contributed by atoms with Crippen molar-refractivity contribution in [3.8, 4) is 0 Å². The minimum atomic E-state index is -1.37. The molecule has 0 aromatic heterocycles. The third-order valence-electron chi connectivity index (χ3n) is 4.90. The van der Waals surface area contributed by atoms with Gasteiger partial charge >= 0.3 is 29.8 Å². The number of esters is 5. The third kappa shape index (κ3) is 11.5. The Bertz CT molecular complexity index is 1090.